The Balaban J connectivity index is 1.85. The maximum absolute atomic E-state index is 11.8. The Labute approximate surface area is 118 Å². The van der Waals surface area contributed by atoms with Gasteiger partial charge in [0.05, 0.1) is 0 Å². The van der Waals surface area contributed by atoms with Crippen molar-refractivity contribution in [1.29, 1.82) is 0 Å². The van der Waals surface area contributed by atoms with Gasteiger partial charge in [0.1, 0.15) is 0 Å². The van der Waals surface area contributed by atoms with E-state index >= 15 is 0 Å². The largest absolute Gasteiger partial charge is 0.352 e. The van der Waals surface area contributed by atoms with E-state index in [2.05, 4.69) is 39.4 Å². The van der Waals surface area contributed by atoms with E-state index in [1.807, 2.05) is 30.3 Å². The molecule has 0 atom stereocenters. The molecule has 0 bridgehead atoms. The Kier molecular flexibility index (Phi) is 4.56. The summed E-state index contributed by atoms with van der Waals surface area (Å²) in [6.07, 6.45) is 0.896. The lowest BCUT2D eigenvalue weighted by Crippen LogP contribution is -2.25. The number of rotatable bonds is 4. The second-order valence-corrected chi connectivity index (χ2v) is 5.87. The number of carbonyl (C=O) groups excluding carboxylic acids is 1. The third-order valence-electron chi connectivity index (χ3n) is 2.32. The lowest BCUT2D eigenvalue weighted by molar-refractivity contribution is 0.0954. The van der Waals surface area contributed by atoms with Gasteiger partial charge in [-0.2, -0.15) is 0 Å². The molecule has 2 aromatic rings. The summed E-state index contributed by atoms with van der Waals surface area (Å²) >= 11 is 3.93. The molecule has 88 valence electrons. The highest BCUT2D eigenvalue weighted by Crippen LogP contribution is 2.09. The number of thiophene rings is 1. The van der Waals surface area contributed by atoms with Crippen LogP contribution in [0.15, 0.2) is 41.8 Å². The van der Waals surface area contributed by atoms with E-state index in [0.717, 1.165) is 15.6 Å². The number of carbonyl (C=O) groups is 1. The lowest BCUT2D eigenvalue weighted by Gasteiger charge is -2.04. The normalized spacial score (nSPS) is 10.2. The summed E-state index contributed by atoms with van der Waals surface area (Å²) in [5.74, 6) is 0.0000668. The van der Waals surface area contributed by atoms with Crippen molar-refractivity contribution in [1.82, 2.24) is 5.32 Å². The van der Waals surface area contributed by atoms with E-state index in [1.165, 1.54) is 4.88 Å². The van der Waals surface area contributed by atoms with Gasteiger partial charge in [-0.25, -0.2) is 0 Å². The average Bonchev–Trinajstić information content (AvgIpc) is 2.82. The third kappa shape index (κ3) is 3.81. The Morgan fingerprint density at radius 3 is 2.88 bits per heavy atom. The van der Waals surface area contributed by atoms with Gasteiger partial charge in [-0.15, -0.1) is 11.3 Å². The van der Waals surface area contributed by atoms with Crippen molar-refractivity contribution in [3.63, 3.8) is 0 Å². The molecule has 2 rings (SSSR count). The fraction of sp³-hybridized carbons (Fsp3) is 0.154. The molecular formula is C13H12INOS. The molecule has 0 aliphatic rings. The third-order valence-corrected chi connectivity index (χ3v) is 3.93. The van der Waals surface area contributed by atoms with Gasteiger partial charge in [0, 0.05) is 20.6 Å². The number of amides is 1. The molecule has 17 heavy (non-hydrogen) atoms. The van der Waals surface area contributed by atoms with Crippen LogP contribution < -0.4 is 5.32 Å². The summed E-state index contributed by atoms with van der Waals surface area (Å²) in [5.41, 5.74) is 0.725. The molecule has 4 heteroatoms. The molecule has 0 fully saturated rings. The summed E-state index contributed by atoms with van der Waals surface area (Å²) in [6, 6.07) is 11.7. The summed E-state index contributed by atoms with van der Waals surface area (Å²) in [7, 11) is 0. The molecule has 1 amide bonds. The van der Waals surface area contributed by atoms with Crippen molar-refractivity contribution in [2.45, 2.75) is 6.42 Å². The second-order valence-electron chi connectivity index (χ2n) is 3.60. The standard InChI is InChI=1S/C13H12INOS/c14-11-4-1-3-10(9-11)13(16)15-7-6-12-5-2-8-17-12/h1-5,8-9H,6-7H2,(H,15,16). The Hall–Kier alpha value is -0.880. The minimum absolute atomic E-state index is 0.0000668. The van der Waals surface area contributed by atoms with Crippen molar-refractivity contribution in [3.8, 4) is 0 Å². The van der Waals surface area contributed by atoms with Gasteiger partial charge >= 0.3 is 0 Å². The van der Waals surface area contributed by atoms with Crippen LogP contribution in [0.25, 0.3) is 0 Å². The second kappa shape index (κ2) is 6.16. The zero-order valence-electron chi connectivity index (χ0n) is 9.15. The van der Waals surface area contributed by atoms with Gasteiger partial charge in [-0.05, 0) is 58.7 Å². The molecule has 0 radical (unpaired) electrons. The SMILES string of the molecule is O=C(NCCc1cccs1)c1cccc(I)c1. The van der Waals surface area contributed by atoms with E-state index < -0.39 is 0 Å². The molecule has 0 spiro atoms. The maximum Gasteiger partial charge on any atom is 0.251 e. The first-order valence-electron chi connectivity index (χ1n) is 5.32. The van der Waals surface area contributed by atoms with Crippen LogP contribution in [0, 0.1) is 3.57 Å². The first-order valence-corrected chi connectivity index (χ1v) is 7.28. The van der Waals surface area contributed by atoms with Gasteiger partial charge in [0.2, 0.25) is 0 Å². The highest BCUT2D eigenvalue weighted by atomic mass is 127. The summed E-state index contributed by atoms with van der Waals surface area (Å²) in [4.78, 5) is 13.1. The first kappa shape index (κ1) is 12.6. The molecule has 0 unspecified atom stereocenters. The zero-order chi connectivity index (χ0) is 12.1. The minimum atomic E-state index is 0.0000668. The topological polar surface area (TPSA) is 29.1 Å². The molecule has 1 heterocycles. The summed E-state index contributed by atoms with van der Waals surface area (Å²) in [5, 5.41) is 4.98. The van der Waals surface area contributed by atoms with Gasteiger partial charge in [0.25, 0.3) is 5.91 Å². The van der Waals surface area contributed by atoms with Gasteiger partial charge in [-0.1, -0.05) is 12.1 Å². The van der Waals surface area contributed by atoms with E-state index in [1.54, 1.807) is 11.3 Å². The number of hydrogen-bond acceptors (Lipinski definition) is 2. The van der Waals surface area contributed by atoms with E-state index in [-0.39, 0.29) is 5.91 Å². The van der Waals surface area contributed by atoms with Gasteiger partial charge < -0.3 is 5.32 Å². The van der Waals surface area contributed by atoms with Crippen LogP contribution in [0.3, 0.4) is 0 Å². The molecule has 0 aliphatic carbocycles. The predicted octanol–water partition coefficient (Wildman–Crippen LogP) is 3.33. The van der Waals surface area contributed by atoms with Crippen LogP contribution >= 0.6 is 33.9 Å². The molecule has 0 saturated carbocycles. The van der Waals surface area contributed by atoms with E-state index in [0.29, 0.717) is 6.54 Å². The molecular weight excluding hydrogens is 345 g/mol. The van der Waals surface area contributed by atoms with Crippen LogP contribution in [0.2, 0.25) is 0 Å². The van der Waals surface area contributed by atoms with Crippen molar-refractivity contribution >= 4 is 39.8 Å². The van der Waals surface area contributed by atoms with Gasteiger partial charge in [0.15, 0.2) is 0 Å². The fourth-order valence-electron chi connectivity index (χ4n) is 1.49. The van der Waals surface area contributed by atoms with Crippen molar-refractivity contribution < 1.29 is 4.79 Å². The fourth-order valence-corrected chi connectivity index (χ4v) is 2.74. The van der Waals surface area contributed by atoms with Crippen LogP contribution in [0.5, 0.6) is 0 Å². The quantitative estimate of drug-likeness (QED) is 0.836. The van der Waals surface area contributed by atoms with Crippen LogP contribution in [0.4, 0.5) is 0 Å². The van der Waals surface area contributed by atoms with Crippen LogP contribution in [0.1, 0.15) is 15.2 Å². The van der Waals surface area contributed by atoms with E-state index in [9.17, 15) is 4.79 Å². The number of benzene rings is 1. The zero-order valence-corrected chi connectivity index (χ0v) is 12.1. The first-order chi connectivity index (χ1) is 8.25. The predicted molar refractivity (Wildman–Crippen MR) is 79.5 cm³/mol. The van der Waals surface area contributed by atoms with Crippen molar-refractivity contribution in [2.75, 3.05) is 6.54 Å². The lowest BCUT2D eigenvalue weighted by atomic mass is 10.2. The smallest absolute Gasteiger partial charge is 0.251 e. The molecule has 0 aliphatic heterocycles. The monoisotopic (exact) mass is 357 g/mol. The number of hydrogen-bond donors (Lipinski definition) is 1. The molecule has 1 aromatic heterocycles. The molecule has 1 aromatic carbocycles. The highest BCUT2D eigenvalue weighted by Gasteiger charge is 2.04. The highest BCUT2D eigenvalue weighted by molar-refractivity contribution is 14.1. The average molecular weight is 357 g/mol. The Bertz CT molecular complexity index is 496. The summed E-state index contributed by atoms with van der Waals surface area (Å²) in [6.45, 7) is 0.685. The summed E-state index contributed by atoms with van der Waals surface area (Å²) < 4.78 is 1.08. The minimum Gasteiger partial charge on any atom is -0.352 e. The Morgan fingerprint density at radius 2 is 2.18 bits per heavy atom. The van der Waals surface area contributed by atoms with Crippen molar-refractivity contribution in [3.05, 3.63) is 55.8 Å². The molecule has 0 saturated heterocycles. The molecule has 2 nitrogen and oxygen atoms in total. The van der Waals surface area contributed by atoms with E-state index in [4.69, 9.17) is 0 Å². The van der Waals surface area contributed by atoms with Crippen LogP contribution in [-0.2, 0) is 6.42 Å². The van der Waals surface area contributed by atoms with Gasteiger partial charge in [-0.3, -0.25) is 4.79 Å². The Morgan fingerprint density at radius 1 is 1.29 bits per heavy atom. The van der Waals surface area contributed by atoms with Crippen molar-refractivity contribution in [2.24, 2.45) is 0 Å². The molecule has 1 N–H and O–H groups in total. The number of halogens is 1. The number of nitrogens with one attached hydrogen (secondary N) is 1. The van der Waals surface area contributed by atoms with Crippen LogP contribution in [-0.4, -0.2) is 12.5 Å². The maximum atomic E-state index is 11.8.